The number of hydrogen-bond acceptors (Lipinski definition) is 6. The van der Waals surface area contributed by atoms with Crippen LogP contribution in [-0.4, -0.2) is 52.5 Å². The normalized spacial score (nSPS) is 37.9. The Morgan fingerprint density at radius 3 is 2.66 bits per heavy atom. The summed E-state index contributed by atoms with van der Waals surface area (Å²) < 4.78 is 0. The van der Waals surface area contributed by atoms with Crippen molar-refractivity contribution in [1.82, 2.24) is 5.32 Å². The lowest BCUT2D eigenvalue weighted by Gasteiger charge is -2.57. The first-order valence-electron chi connectivity index (χ1n) is 12.9. The number of carboxylic acid groups (broad SMARTS) is 1. The summed E-state index contributed by atoms with van der Waals surface area (Å²) in [6.07, 6.45) is 10.1. The van der Waals surface area contributed by atoms with E-state index in [1.165, 1.54) is 5.57 Å². The molecule has 0 aromatic carbocycles. The van der Waals surface area contributed by atoms with E-state index in [1.54, 1.807) is 0 Å². The van der Waals surface area contributed by atoms with Gasteiger partial charge in [-0.25, -0.2) is 4.79 Å². The molecule has 0 radical (unpaired) electrons. The van der Waals surface area contributed by atoms with Crippen LogP contribution < -0.4 is 11.1 Å². The van der Waals surface area contributed by atoms with Crippen molar-refractivity contribution < 1.29 is 29.4 Å². The fourth-order valence-corrected chi connectivity index (χ4v) is 7.57. The number of nitrogens with one attached hydrogen (secondary N) is 1. The van der Waals surface area contributed by atoms with Crippen molar-refractivity contribution in [1.29, 1.82) is 0 Å². The number of nitrogens with zero attached hydrogens (tertiary/aromatic N) is 1. The van der Waals surface area contributed by atoms with E-state index in [0.717, 1.165) is 57.1 Å². The molecule has 7 atom stereocenters. The zero-order chi connectivity index (χ0) is 25.4. The minimum absolute atomic E-state index is 0.0727. The summed E-state index contributed by atoms with van der Waals surface area (Å²) in [6.45, 7) is 4.30. The first kappa shape index (κ1) is 25.7. The molecule has 194 valence electrons. The van der Waals surface area contributed by atoms with Gasteiger partial charge in [0, 0.05) is 6.42 Å². The molecular weight excluding hydrogens is 450 g/mol. The quantitative estimate of drug-likeness (QED) is 0.385. The first-order chi connectivity index (χ1) is 16.5. The maximum Gasteiger partial charge on any atom is 0.326 e. The van der Waals surface area contributed by atoms with E-state index >= 15 is 0 Å². The lowest BCUT2D eigenvalue weighted by Crippen LogP contribution is -2.51. The Bertz CT molecular complexity index is 932. The van der Waals surface area contributed by atoms with E-state index in [-0.39, 0.29) is 29.8 Å². The van der Waals surface area contributed by atoms with Crippen molar-refractivity contribution in [2.75, 3.05) is 6.61 Å². The van der Waals surface area contributed by atoms with Crippen molar-refractivity contribution in [3.8, 4) is 0 Å². The van der Waals surface area contributed by atoms with E-state index in [9.17, 15) is 24.6 Å². The number of fused-ring (bicyclic) bond motifs is 5. The molecule has 0 bridgehead atoms. The highest BCUT2D eigenvalue weighted by Gasteiger charge is 2.58. The molecule has 0 aliphatic heterocycles. The van der Waals surface area contributed by atoms with Gasteiger partial charge in [0.2, 0.25) is 5.91 Å². The van der Waals surface area contributed by atoms with E-state index < -0.39 is 30.4 Å². The largest absolute Gasteiger partial charge is 0.480 e. The SMILES string of the molecule is C[C@]12CC[C@@H]3[C@H](CCC4=CC(=NOCC(=O)N[C@H](CCC(N)=O)C(=O)O)CC[C@@]43C)[C@H]1CC[C@H]2O. The Morgan fingerprint density at radius 2 is 1.94 bits per heavy atom. The molecule has 35 heavy (non-hydrogen) atoms. The van der Waals surface area contributed by atoms with Crippen LogP contribution in [0.15, 0.2) is 16.8 Å². The molecule has 0 spiro atoms. The summed E-state index contributed by atoms with van der Waals surface area (Å²) in [5.41, 5.74) is 7.50. The third kappa shape index (κ3) is 4.97. The number of aliphatic hydroxyl groups excluding tert-OH is 1. The highest BCUT2D eigenvalue weighted by molar-refractivity contribution is 5.96. The van der Waals surface area contributed by atoms with Gasteiger partial charge in [0.05, 0.1) is 11.8 Å². The van der Waals surface area contributed by atoms with Crippen molar-refractivity contribution in [2.45, 2.75) is 90.2 Å². The summed E-state index contributed by atoms with van der Waals surface area (Å²) >= 11 is 0. The summed E-state index contributed by atoms with van der Waals surface area (Å²) in [7, 11) is 0. The van der Waals surface area contributed by atoms with Gasteiger partial charge in [0.15, 0.2) is 6.61 Å². The highest BCUT2D eigenvalue weighted by Crippen LogP contribution is 2.65. The molecule has 0 heterocycles. The second-order valence-electron chi connectivity index (χ2n) is 11.5. The Morgan fingerprint density at radius 1 is 1.17 bits per heavy atom. The van der Waals surface area contributed by atoms with Gasteiger partial charge in [-0.05, 0) is 92.4 Å². The lowest BCUT2D eigenvalue weighted by atomic mass is 9.47. The number of primary amides is 1. The molecule has 3 saturated carbocycles. The average molecular weight is 490 g/mol. The zero-order valence-corrected chi connectivity index (χ0v) is 20.8. The molecule has 2 amide bonds. The van der Waals surface area contributed by atoms with Crippen LogP contribution in [0, 0.1) is 28.6 Å². The van der Waals surface area contributed by atoms with Gasteiger partial charge in [-0.3, -0.25) is 9.59 Å². The van der Waals surface area contributed by atoms with E-state index in [2.05, 4.69) is 30.4 Å². The first-order valence-corrected chi connectivity index (χ1v) is 12.9. The smallest absolute Gasteiger partial charge is 0.326 e. The van der Waals surface area contributed by atoms with Crippen LogP contribution in [0.1, 0.15) is 78.1 Å². The monoisotopic (exact) mass is 489 g/mol. The van der Waals surface area contributed by atoms with Gasteiger partial charge in [-0.2, -0.15) is 0 Å². The second kappa shape index (κ2) is 9.91. The highest BCUT2D eigenvalue weighted by atomic mass is 16.6. The summed E-state index contributed by atoms with van der Waals surface area (Å²) in [5.74, 6) is -0.542. The van der Waals surface area contributed by atoms with Crippen LogP contribution in [0.4, 0.5) is 0 Å². The maximum absolute atomic E-state index is 12.1. The molecule has 0 aromatic rings. The van der Waals surface area contributed by atoms with Crippen LogP contribution in [0.3, 0.4) is 0 Å². The van der Waals surface area contributed by atoms with Crippen LogP contribution in [0.5, 0.6) is 0 Å². The minimum atomic E-state index is -1.23. The number of carboxylic acids is 1. The minimum Gasteiger partial charge on any atom is -0.480 e. The van der Waals surface area contributed by atoms with Gasteiger partial charge >= 0.3 is 5.97 Å². The molecule has 5 N–H and O–H groups in total. The average Bonchev–Trinajstić information content (AvgIpc) is 3.11. The molecule has 4 aliphatic carbocycles. The second-order valence-corrected chi connectivity index (χ2v) is 11.5. The number of carbonyl (C=O) groups is 3. The number of rotatable bonds is 8. The summed E-state index contributed by atoms with van der Waals surface area (Å²) in [5, 5.41) is 26.4. The number of oxime groups is 1. The Balaban J connectivity index is 1.35. The van der Waals surface area contributed by atoms with Gasteiger partial charge in [0.25, 0.3) is 5.91 Å². The number of amides is 2. The van der Waals surface area contributed by atoms with Crippen LogP contribution in [0.2, 0.25) is 0 Å². The predicted octanol–water partition coefficient (Wildman–Crippen LogP) is 2.52. The van der Waals surface area contributed by atoms with Gasteiger partial charge in [-0.1, -0.05) is 24.6 Å². The number of allylic oxidation sites excluding steroid dienone is 2. The molecule has 9 heteroatoms. The zero-order valence-electron chi connectivity index (χ0n) is 20.8. The summed E-state index contributed by atoms with van der Waals surface area (Å²) in [4.78, 5) is 39.5. The van der Waals surface area contributed by atoms with E-state index in [0.29, 0.717) is 17.8 Å². The number of hydrogen-bond donors (Lipinski definition) is 4. The van der Waals surface area contributed by atoms with Crippen LogP contribution >= 0.6 is 0 Å². The topological polar surface area (TPSA) is 151 Å². The molecule has 0 saturated heterocycles. The fraction of sp³-hybridized carbons (Fsp3) is 0.769. The summed E-state index contributed by atoms with van der Waals surface area (Å²) in [6, 6.07) is -1.20. The number of aliphatic carboxylic acids is 1. The number of aliphatic hydroxyl groups is 1. The van der Waals surface area contributed by atoms with Crippen LogP contribution in [0.25, 0.3) is 0 Å². The van der Waals surface area contributed by atoms with Gasteiger partial charge in [-0.15, -0.1) is 0 Å². The number of carbonyl (C=O) groups excluding carboxylic acids is 2. The Labute approximate surface area is 206 Å². The molecule has 3 fully saturated rings. The van der Waals surface area contributed by atoms with Crippen LogP contribution in [-0.2, 0) is 19.2 Å². The molecule has 0 unspecified atom stereocenters. The third-order valence-electron chi connectivity index (χ3n) is 9.62. The fourth-order valence-electron chi connectivity index (χ4n) is 7.57. The molecule has 0 aromatic heterocycles. The van der Waals surface area contributed by atoms with E-state index in [1.807, 2.05) is 0 Å². The molecule has 4 aliphatic rings. The van der Waals surface area contributed by atoms with Crippen molar-refractivity contribution in [3.63, 3.8) is 0 Å². The van der Waals surface area contributed by atoms with Gasteiger partial charge < -0.3 is 26.1 Å². The molecular formula is C26H39N3O6. The van der Waals surface area contributed by atoms with Crippen molar-refractivity contribution in [2.24, 2.45) is 39.5 Å². The molecule has 9 nitrogen and oxygen atoms in total. The maximum atomic E-state index is 12.1. The third-order valence-corrected chi connectivity index (χ3v) is 9.62. The lowest BCUT2D eigenvalue weighted by molar-refractivity contribution is -0.142. The number of nitrogens with two attached hydrogens (primary N) is 1. The molecule has 4 rings (SSSR count). The van der Waals surface area contributed by atoms with Crippen molar-refractivity contribution >= 4 is 23.5 Å². The van der Waals surface area contributed by atoms with E-state index in [4.69, 9.17) is 10.6 Å². The standard InChI is InChI=1S/C26H39N3O6/c1-25-11-9-16(29-35-14-23(32)28-20(24(33)34)6-8-22(27)31)13-15(25)3-4-17-18-5-7-21(30)26(18,2)12-10-19(17)25/h13,17-21,30H,3-12,14H2,1-2H3,(H2,27,31)(H,28,32)(H,33,34)/t17-,18-,19-,20-,21-,25+,26+/m1/s1. The Kier molecular flexibility index (Phi) is 7.27. The predicted molar refractivity (Wildman–Crippen MR) is 129 cm³/mol. The van der Waals surface area contributed by atoms with Gasteiger partial charge in [0.1, 0.15) is 6.04 Å². The Hall–Kier alpha value is -2.42. The van der Waals surface area contributed by atoms with Crippen molar-refractivity contribution in [3.05, 3.63) is 11.6 Å².